The molecule has 0 saturated heterocycles. The molecule has 4 heteroatoms. The average Bonchev–Trinajstić information content (AvgIpc) is 1.41. The van der Waals surface area contributed by atoms with Crippen LogP contribution in [0.15, 0.2) is 0 Å². The lowest BCUT2D eigenvalue weighted by Gasteiger charge is -1.76. The summed E-state index contributed by atoms with van der Waals surface area (Å²) in [5.41, 5.74) is 4.56. The average molecular weight is 71.9 g/mol. The molecule has 0 aromatic carbocycles. The number of nitrogens with two attached hydrogens (primary N) is 1. The van der Waals surface area contributed by atoms with Gasteiger partial charge in [-0.2, -0.15) is 0 Å². The van der Waals surface area contributed by atoms with E-state index < -0.39 is 0 Å². The van der Waals surface area contributed by atoms with Crippen molar-refractivity contribution in [2.75, 3.05) is 0 Å². The molecule has 0 aliphatic rings. The standard InChI is InChI=1S/CH3BNO2/c3-2-5-1-4/h1H,3H2. The van der Waals surface area contributed by atoms with E-state index >= 15 is 0 Å². The molecule has 0 fully saturated rings. The Morgan fingerprint density at radius 2 is 2.60 bits per heavy atom. The van der Waals surface area contributed by atoms with E-state index in [2.05, 4.69) is 10.3 Å². The molecule has 3 nitrogen and oxygen atoms in total. The summed E-state index contributed by atoms with van der Waals surface area (Å²) in [5.74, 6) is 0. The van der Waals surface area contributed by atoms with Crippen LogP contribution in [-0.2, 0) is 9.45 Å². The lowest BCUT2D eigenvalue weighted by atomic mass is 10.3. The fourth-order valence-electron chi connectivity index (χ4n) is 0.0321. The van der Waals surface area contributed by atoms with Crippen LogP contribution in [0.25, 0.3) is 0 Å². The van der Waals surface area contributed by atoms with Gasteiger partial charge in [-0.3, -0.25) is 4.79 Å². The summed E-state index contributed by atoms with van der Waals surface area (Å²) < 4.78 is 3.81. The second kappa shape index (κ2) is 3.49. The third-order valence-corrected chi connectivity index (χ3v) is 0.134. The van der Waals surface area contributed by atoms with Crippen LogP contribution in [0, 0.1) is 0 Å². The van der Waals surface area contributed by atoms with Crippen LogP contribution in [0.2, 0.25) is 0 Å². The van der Waals surface area contributed by atoms with Crippen molar-refractivity contribution in [1.29, 1.82) is 0 Å². The Labute approximate surface area is 30.4 Å². The first-order chi connectivity index (χ1) is 2.41. The Balaban J connectivity index is 2.40. The summed E-state index contributed by atoms with van der Waals surface area (Å²) in [6.45, 7) is 0.250. The number of hydrogen-bond donors (Lipinski definition) is 1. The molecule has 0 atom stereocenters. The van der Waals surface area contributed by atoms with Gasteiger partial charge in [0, 0.05) is 0 Å². The summed E-state index contributed by atoms with van der Waals surface area (Å²) in [7, 11) is 0.812. The van der Waals surface area contributed by atoms with Gasteiger partial charge in [0.15, 0.2) is 0 Å². The van der Waals surface area contributed by atoms with Gasteiger partial charge in [-0.25, -0.2) is 0 Å². The lowest BCUT2D eigenvalue weighted by Crippen LogP contribution is -2.07. The Bertz CT molecular complexity index is 30.8. The number of hydrogen-bond acceptors (Lipinski definition) is 3. The normalized spacial score (nSPS) is 5.80. The maximum absolute atomic E-state index is 9.07. The summed E-state index contributed by atoms with van der Waals surface area (Å²) in [5, 5.41) is 0. The Hall–Kier alpha value is -0.505. The zero-order valence-corrected chi connectivity index (χ0v) is 2.55. The van der Waals surface area contributed by atoms with E-state index in [1.54, 1.807) is 0 Å². The predicted molar refractivity (Wildman–Crippen MR) is 17.1 cm³/mol. The van der Waals surface area contributed by atoms with Crippen molar-refractivity contribution in [1.82, 2.24) is 0 Å². The number of rotatable bonds is 2. The van der Waals surface area contributed by atoms with Crippen molar-refractivity contribution in [3.63, 3.8) is 0 Å². The first-order valence-corrected chi connectivity index (χ1v) is 1.04. The third kappa shape index (κ3) is 3.49. The van der Waals surface area contributed by atoms with E-state index in [-0.39, 0.29) is 6.47 Å². The largest absolute Gasteiger partial charge is 0.524 e. The molecule has 0 spiro atoms. The maximum Gasteiger partial charge on any atom is 0.476 e. The molecule has 0 aromatic heterocycles. The molecular formula is CH3BNO2. The molecule has 5 heavy (non-hydrogen) atoms. The van der Waals surface area contributed by atoms with E-state index in [1.807, 2.05) is 0 Å². The van der Waals surface area contributed by atoms with E-state index in [0.717, 1.165) is 7.62 Å². The van der Waals surface area contributed by atoms with Crippen LogP contribution in [0.5, 0.6) is 0 Å². The van der Waals surface area contributed by atoms with Gasteiger partial charge < -0.3 is 10.3 Å². The zero-order chi connectivity index (χ0) is 4.12. The van der Waals surface area contributed by atoms with E-state index in [1.165, 1.54) is 0 Å². The molecule has 0 unspecified atom stereocenters. The molecule has 0 aliphatic carbocycles. The van der Waals surface area contributed by atoms with Crippen molar-refractivity contribution >= 4 is 14.1 Å². The summed E-state index contributed by atoms with van der Waals surface area (Å²) >= 11 is 0. The van der Waals surface area contributed by atoms with Crippen molar-refractivity contribution in [3.05, 3.63) is 0 Å². The zero-order valence-electron chi connectivity index (χ0n) is 2.55. The van der Waals surface area contributed by atoms with Gasteiger partial charge in [0.05, 0.1) is 0 Å². The van der Waals surface area contributed by atoms with Crippen molar-refractivity contribution in [2.45, 2.75) is 0 Å². The van der Waals surface area contributed by atoms with E-state index in [0.29, 0.717) is 0 Å². The van der Waals surface area contributed by atoms with Gasteiger partial charge in [0.25, 0.3) is 6.47 Å². The highest BCUT2D eigenvalue weighted by atomic mass is 16.5. The minimum atomic E-state index is 0.250. The quantitative estimate of drug-likeness (QED) is 0.324. The lowest BCUT2D eigenvalue weighted by molar-refractivity contribution is -0.120. The number of carbonyl (C=O) groups excluding carboxylic acids is 1. The highest BCUT2D eigenvalue weighted by molar-refractivity contribution is 6.24. The summed E-state index contributed by atoms with van der Waals surface area (Å²) in [6, 6.07) is 0. The molecular weight excluding hydrogens is 68.8 g/mol. The summed E-state index contributed by atoms with van der Waals surface area (Å²) in [6.07, 6.45) is 0. The van der Waals surface area contributed by atoms with Crippen LogP contribution < -0.4 is 5.64 Å². The molecule has 2 N–H and O–H groups in total. The van der Waals surface area contributed by atoms with Gasteiger partial charge in [-0.05, 0) is 0 Å². The molecule has 1 radical (unpaired) electrons. The SMILES string of the molecule is N[B]OC=O. The molecule has 27 valence electrons. The van der Waals surface area contributed by atoms with Gasteiger partial charge in [-0.1, -0.05) is 0 Å². The fraction of sp³-hybridized carbons (Fsp3) is 0. The minimum Gasteiger partial charge on any atom is -0.524 e. The summed E-state index contributed by atoms with van der Waals surface area (Å²) in [4.78, 5) is 9.07. The molecule has 0 amide bonds. The second-order valence-corrected chi connectivity index (χ2v) is 0.368. The maximum atomic E-state index is 9.07. The Morgan fingerprint density at radius 1 is 2.00 bits per heavy atom. The topological polar surface area (TPSA) is 52.3 Å². The molecule has 0 aromatic rings. The van der Waals surface area contributed by atoms with Gasteiger partial charge in [-0.15, -0.1) is 0 Å². The van der Waals surface area contributed by atoms with Crippen LogP contribution >= 0.6 is 0 Å². The monoisotopic (exact) mass is 72.0 g/mol. The van der Waals surface area contributed by atoms with Crippen molar-refractivity contribution < 1.29 is 9.45 Å². The third-order valence-electron chi connectivity index (χ3n) is 0.134. The molecule has 0 rings (SSSR count). The van der Waals surface area contributed by atoms with Gasteiger partial charge in [0.1, 0.15) is 0 Å². The van der Waals surface area contributed by atoms with Gasteiger partial charge in [0.2, 0.25) is 0 Å². The highest BCUT2D eigenvalue weighted by Gasteiger charge is 1.70. The highest BCUT2D eigenvalue weighted by Crippen LogP contribution is 1.40. The van der Waals surface area contributed by atoms with Crippen LogP contribution in [0.4, 0.5) is 0 Å². The minimum absolute atomic E-state index is 0.250. The second-order valence-electron chi connectivity index (χ2n) is 0.368. The van der Waals surface area contributed by atoms with Crippen LogP contribution in [-0.4, -0.2) is 14.1 Å². The van der Waals surface area contributed by atoms with Crippen LogP contribution in [0.3, 0.4) is 0 Å². The van der Waals surface area contributed by atoms with Crippen LogP contribution in [0.1, 0.15) is 0 Å². The smallest absolute Gasteiger partial charge is 0.476 e. The van der Waals surface area contributed by atoms with Gasteiger partial charge >= 0.3 is 7.62 Å². The molecule has 0 bridgehead atoms. The predicted octanol–water partition coefficient (Wildman–Crippen LogP) is -1.35. The van der Waals surface area contributed by atoms with Crippen molar-refractivity contribution in [2.24, 2.45) is 5.64 Å². The number of carbonyl (C=O) groups is 1. The van der Waals surface area contributed by atoms with E-state index in [4.69, 9.17) is 4.79 Å². The Morgan fingerprint density at radius 3 is 2.60 bits per heavy atom. The first-order valence-electron chi connectivity index (χ1n) is 1.04. The Kier molecular flexibility index (Phi) is 3.14. The first kappa shape index (κ1) is 4.49. The van der Waals surface area contributed by atoms with Crippen molar-refractivity contribution in [3.8, 4) is 0 Å². The fourth-order valence-corrected chi connectivity index (χ4v) is 0.0321. The molecule has 0 aliphatic heterocycles. The molecule has 0 saturated carbocycles. The molecule has 0 heterocycles. The van der Waals surface area contributed by atoms with E-state index in [9.17, 15) is 0 Å².